The fourth-order valence-corrected chi connectivity index (χ4v) is 3.21. The highest BCUT2D eigenvalue weighted by atomic mass is 16.7. The fraction of sp³-hybridized carbons (Fsp3) is 0.824. The van der Waals surface area contributed by atoms with E-state index in [9.17, 15) is 34.8 Å². The molecule has 0 bridgehead atoms. The number of esters is 3. The Morgan fingerprint density at radius 1 is 0.867 bits per heavy atom. The lowest BCUT2D eigenvalue weighted by Crippen LogP contribution is -2.64. The third kappa shape index (κ3) is 5.85. The van der Waals surface area contributed by atoms with Crippen LogP contribution in [0.5, 0.6) is 0 Å². The second-order valence-electron chi connectivity index (χ2n) is 6.83. The standard InChI is InChI=1S/C17H26O13/c1-6(19)26-10-5-25-17(12(23)11(10)22)30-13-9(4-18)29-16(24)15(28-8(3)21)14(13)27-7(2)20/h9-18,22-24H,4-5H2,1-3H3/t9-,10-,11+,12-,13-,14-,15-,16-,17+/m1/s1. The van der Waals surface area contributed by atoms with Gasteiger partial charge in [-0.3, -0.25) is 14.4 Å². The lowest BCUT2D eigenvalue weighted by Gasteiger charge is -2.45. The Bertz CT molecular complexity index is 625. The molecule has 0 spiro atoms. The summed E-state index contributed by atoms with van der Waals surface area (Å²) < 4.78 is 31.1. The van der Waals surface area contributed by atoms with Crippen LogP contribution in [0.2, 0.25) is 0 Å². The SMILES string of the molecule is CC(=O)O[C@H]1[C@@H](OC(C)=O)[C@H](O)O[C@H](CO)[C@H]1O[C@@H]1OC[C@@H](OC(C)=O)[C@H](O)[C@H]1O. The third-order valence-corrected chi connectivity index (χ3v) is 4.44. The summed E-state index contributed by atoms with van der Waals surface area (Å²) in [7, 11) is 0. The molecule has 0 unspecified atom stereocenters. The summed E-state index contributed by atoms with van der Waals surface area (Å²) in [5, 5.41) is 40.2. The van der Waals surface area contributed by atoms with Crippen molar-refractivity contribution in [2.24, 2.45) is 0 Å². The van der Waals surface area contributed by atoms with Gasteiger partial charge in [0.25, 0.3) is 0 Å². The molecule has 0 amide bonds. The van der Waals surface area contributed by atoms with Crippen LogP contribution in [0, 0.1) is 0 Å². The molecule has 0 aromatic rings. The van der Waals surface area contributed by atoms with Crippen LogP contribution in [0.1, 0.15) is 20.8 Å². The van der Waals surface area contributed by atoms with Crippen molar-refractivity contribution in [1.29, 1.82) is 0 Å². The molecule has 2 aliphatic rings. The Morgan fingerprint density at radius 2 is 1.43 bits per heavy atom. The molecule has 4 N–H and O–H groups in total. The molecule has 2 aliphatic heterocycles. The van der Waals surface area contributed by atoms with Crippen molar-refractivity contribution in [1.82, 2.24) is 0 Å². The Hall–Kier alpha value is -1.87. The van der Waals surface area contributed by atoms with Crippen molar-refractivity contribution < 1.29 is 63.2 Å². The number of hydrogen-bond acceptors (Lipinski definition) is 13. The number of hydrogen-bond donors (Lipinski definition) is 4. The summed E-state index contributed by atoms with van der Waals surface area (Å²) in [6.07, 6.45) is -13.2. The molecule has 30 heavy (non-hydrogen) atoms. The zero-order chi connectivity index (χ0) is 22.6. The van der Waals surface area contributed by atoms with Crippen LogP contribution >= 0.6 is 0 Å². The maximum Gasteiger partial charge on any atom is 0.303 e. The number of aliphatic hydroxyl groups excluding tert-OH is 4. The summed E-state index contributed by atoms with van der Waals surface area (Å²) in [5.41, 5.74) is 0. The molecule has 0 aromatic heterocycles. The molecule has 2 fully saturated rings. The smallest absolute Gasteiger partial charge is 0.303 e. The van der Waals surface area contributed by atoms with Crippen LogP contribution in [0.4, 0.5) is 0 Å². The van der Waals surface area contributed by atoms with Crippen LogP contribution < -0.4 is 0 Å². The van der Waals surface area contributed by atoms with E-state index in [-0.39, 0.29) is 6.61 Å². The van der Waals surface area contributed by atoms with Gasteiger partial charge in [-0.15, -0.1) is 0 Å². The highest BCUT2D eigenvalue weighted by molar-refractivity contribution is 5.67. The predicted molar refractivity (Wildman–Crippen MR) is 91.3 cm³/mol. The summed E-state index contributed by atoms with van der Waals surface area (Å²) >= 11 is 0. The van der Waals surface area contributed by atoms with Crippen LogP contribution in [-0.4, -0.2) is 107 Å². The van der Waals surface area contributed by atoms with Gasteiger partial charge in [0.1, 0.15) is 24.4 Å². The lowest BCUT2D eigenvalue weighted by molar-refractivity contribution is -0.344. The average molecular weight is 438 g/mol. The van der Waals surface area contributed by atoms with E-state index in [1.807, 2.05) is 0 Å². The minimum atomic E-state index is -1.74. The van der Waals surface area contributed by atoms with Gasteiger partial charge in [-0.2, -0.15) is 0 Å². The van der Waals surface area contributed by atoms with Gasteiger partial charge in [0, 0.05) is 20.8 Å². The van der Waals surface area contributed by atoms with Gasteiger partial charge in [0.2, 0.25) is 0 Å². The molecule has 13 heteroatoms. The van der Waals surface area contributed by atoms with Crippen LogP contribution in [0.15, 0.2) is 0 Å². The van der Waals surface area contributed by atoms with Gasteiger partial charge < -0.3 is 48.8 Å². The highest BCUT2D eigenvalue weighted by Gasteiger charge is 2.52. The number of carbonyl (C=O) groups is 3. The van der Waals surface area contributed by atoms with E-state index in [4.69, 9.17) is 28.4 Å². The van der Waals surface area contributed by atoms with Gasteiger partial charge in [-0.05, 0) is 0 Å². The fourth-order valence-electron chi connectivity index (χ4n) is 3.21. The van der Waals surface area contributed by atoms with Crippen molar-refractivity contribution in [2.45, 2.75) is 76.1 Å². The first-order valence-corrected chi connectivity index (χ1v) is 9.14. The van der Waals surface area contributed by atoms with Gasteiger partial charge in [0.15, 0.2) is 30.9 Å². The topological polar surface area (TPSA) is 188 Å². The number of carbonyl (C=O) groups excluding carboxylic acids is 3. The van der Waals surface area contributed by atoms with E-state index in [1.54, 1.807) is 0 Å². The van der Waals surface area contributed by atoms with E-state index in [1.165, 1.54) is 0 Å². The Labute approximate surface area is 171 Å². The van der Waals surface area contributed by atoms with E-state index >= 15 is 0 Å². The van der Waals surface area contributed by atoms with E-state index < -0.39 is 79.8 Å². The van der Waals surface area contributed by atoms with Gasteiger partial charge in [-0.25, -0.2) is 0 Å². The second kappa shape index (κ2) is 10.4. The second-order valence-corrected chi connectivity index (χ2v) is 6.83. The lowest BCUT2D eigenvalue weighted by atomic mass is 9.97. The molecular formula is C17H26O13. The predicted octanol–water partition coefficient (Wildman–Crippen LogP) is -3.05. The zero-order valence-corrected chi connectivity index (χ0v) is 16.6. The Balaban J connectivity index is 2.22. The van der Waals surface area contributed by atoms with Crippen molar-refractivity contribution >= 4 is 17.9 Å². The summed E-state index contributed by atoms with van der Waals surface area (Å²) in [5.74, 6) is -2.31. The first-order valence-electron chi connectivity index (χ1n) is 9.14. The molecule has 2 saturated heterocycles. The quantitative estimate of drug-likeness (QED) is 0.242. The molecule has 0 radical (unpaired) electrons. The van der Waals surface area contributed by atoms with Gasteiger partial charge >= 0.3 is 17.9 Å². The number of aliphatic hydroxyl groups is 4. The molecule has 0 aromatic carbocycles. The molecule has 2 rings (SSSR count). The van der Waals surface area contributed by atoms with Gasteiger partial charge in [-0.1, -0.05) is 0 Å². The molecule has 0 aliphatic carbocycles. The molecular weight excluding hydrogens is 412 g/mol. The van der Waals surface area contributed by atoms with Crippen LogP contribution in [0.25, 0.3) is 0 Å². The Morgan fingerprint density at radius 3 is 1.97 bits per heavy atom. The minimum Gasteiger partial charge on any atom is -0.457 e. The summed E-state index contributed by atoms with van der Waals surface area (Å²) in [6.45, 7) is 2.22. The minimum absolute atomic E-state index is 0.325. The Kier molecular flexibility index (Phi) is 8.49. The first kappa shape index (κ1) is 24.4. The molecule has 0 saturated carbocycles. The normalized spacial score (nSPS) is 39.1. The monoisotopic (exact) mass is 438 g/mol. The van der Waals surface area contributed by atoms with Crippen molar-refractivity contribution in [3.05, 3.63) is 0 Å². The maximum atomic E-state index is 11.6. The molecule has 13 nitrogen and oxygen atoms in total. The maximum absolute atomic E-state index is 11.6. The summed E-state index contributed by atoms with van der Waals surface area (Å²) in [6, 6.07) is 0. The van der Waals surface area contributed by atoms with Crippen LogP contribution in [0.3, 0.4) is 0 Å². The highest BCUT2D eigenvalue weighted by Crippen LogP contribution is 2.30. The largest absolute Gasteiger partial charge is 0.457 e. The van der Waals surface area contributed by atoms with Crippen molar-refractivity contribution in [3.8, 4) is 0 Å². The van der Waals surface area contributed by atoms with Crippen molar-refractivity contribution in [2.75, 3.05) is 13.2 Å². The van der Waals surface area contributed by atoms with E-state index in [0.717, 1.165) is 20.8 Å². The number of ether oxygens (including phenoxy) is 6. The van der Waals surface area contributed by atoms with E-state index in [0.29, 0.717) is 0 Å². The molecule has 2 heterocycles. The molecule has 172 valence electrons. The van der Waals surface area contributed by atoms with Crippen molar-refractivity contribution in [3.63, 3.8) is 0 Å². The van der Waals surface area contributed by atoms with Crippen LogP contribution in [-0.2, 0) is 42.8 Å². The molecule has 9 atom stereocenters. The summed E-state index contributed by atoms with van der Waals surface area (Å²) in [4.78, 5) is 34.1. The first-order chi connectivity index (χ1) is 14.0. The number of rotatable bonds is 6. The average Bonchev–Trinajstić information content (AvgIpc) is 2.64. The zero-order valence-electron chi connectivity index (χ0n) is 16.6. The third-order valence-electron chi connectivity index (χ3n) is 4.44. The van der Waals surface area contributed by atoms with Gasteiger partial charge in [0.05, 0.1) is 13.2 Å². The van der Waals surface area contributed by atoms with E-state index in [2.05, 4.69) is 0 Å².